The molecule has 4 aromatic heterocycles. The maximum absolute atomic E-state index is 10.9. The van der Waals surface area contributed by atoms with E-state index in [1.807, 2.05) is 42.2 Å². The van der Waals surface area contributed by atoms with E-state index >= 15 is 0 Å². The Morgan fingerprint density at radius 3 is 2.82 bits per heavy atom. The van der Waals surface area contributed by atoms with Gasteiger partial charge in [0.25, 0.3) is 5.88 Å². The number of rotatable bonds is 7. The summed E-state index contributed by atoms with van der Waals surface area (Å²) in [5.41, 5.74) is 3.17. The average Bonchev–Trinajstić information content (AvgIpc) is 3.39. The van der Waals surface area contributed by atoms with E-state index in [9.17, 15) is 5.11 Å². The predicted octanol–water partition coefficient (Wildman–Crippen LogP) is 3.67. The first-order valence-corrected chi connectivity index (χ1v) is 11.1. The van der Waals surface area contributed by atoms with Crippen LogP contribution in [-0.2, 0) is 4.74 Å². The molecule has 5 heterocycles. The van der Waals surface area contributed by atoms with E-state index in [1.54, 1.807) is 17.9 Å². The van der Waals surface area contributed by atoms with Crippen LogP contribution in [0.1, 0.15) is 24.4 Å². The lowest BCUT2D eigenvalue weighted by molar-refractivity contribution is -0.0286. The van der Waals surface area contributed by atoms with E-state index in [1.165, 1.54) is 12.8 Å². The van der Waals surface area contributed by atoms with Crippen LogP contribution < -0.4 is 9.47 Å². The number of nitrogens with zero attached hydrogens (tertiary/aromatic N) is 5. The lowest BCUT2D eigenvalue weighted by atomic mass is 10.1. The van der Waals surface area contributed by atoms with Crippen molar-refractivity contribution in [3.8, 4) is 34.6 Å². The second kappa shape index (κ2) is 7.77. The quantitative estimate of drug-likeness (QED) is 0.462. The topological polar surface area (TPSA) is 96.5 Å². The van der Waals surface area contributed by atoms with Gasteiger partial charge >= 0.3 is 0 Å². The fourth-order valence-electron chi connectivity index (χ4n) is 4.06. The number of pyridine rings is 2. The van der Waals surface area contributed by atoms with E-state index in [-0.39, 0.29) is 11.9 Å². The van der Waals surface area contributed by atoms with Crippen molar-refractivity contribution in [3.63, 3.8) is 0 Å². The zero-order chi connectivity index (χ0) is 22.5. The molecule has 0 atom stereocenters. The summed E-state index contributed by atoms with van der Waals surface area (Å²) in [4.78, 5) is 9.23. The van der Waals surface area contributed by atoms with Gasteiger partial charge in [0.15, 0.2) is 11.6 Å². The highest BCUT2D eigenvalue weighted by Gasteiger charge is 2.24. The molecular weight excluding hydrogens is 422 g/mol. The Labute approximate surface area is 190 Å². The van der Waals surface area contributed by atoms with Crippen LogP contribution in [0.4, 0.5) is 0 Å². The molecule has 0 radical (unpaired) electrons. The van der Waals surface area contributed by atoms with Crippen molar-refractivity contribution < 1.29 is 19.3 Å². The summed E-state index contributed by atoms with van der Waals surface area (Å²) in [6.45, 7) is 3.95. The number of fused-ring (bicyclic) bond motifs is 1. The Hall–Kier alpha value is -3.59. The molecule has 9 nitrogen and oxygen atoms in total. The molecule has 170 valence electrons. The SMILES string of the molecule is COc1ncc(-c2cc(C)c3c(O)n(-c4ccn(C5COC5)n4)cc3n2)cc1OCC1CC1. The van der Waals surface area contributed by atoms with E-state index in [0.717, 1.165) is 16.8 Å². The number of aromatic hydroxyl groups is 1. The highest BCUT2D eigenvalue weighted by Crippen LogP contribution is 2.37. The summed E-state index contributed by atoms with van der Waals surface area (Å²) >= 11 is 0. The molecule has 1 saturated carbocycles. The molecule has 0 bridgehead atoms. The molecule has 2 fully saturated rings. The summed E-state index contributed by atoms with van der Waals surface area (Å²) in [5, 5.41) is 16.3. The molecule has 9 heteroatoms. The molecule has 0 amide bonds. The van der Waals surface area contributed by atoms with Gasteiger partial charge in [-0.05, 0) is 43.4 Å². The van der Waals surface area contributed by atoms with Crippen LogP contribution in [-0.4, -0.2) is 56.4 Å². The second-order valence-electron chi connectivity index (χ2n) is 8.74. The molecule has 33 heavy (non-hydrogen) atoms. The van der Waals surface area contributed by atoms with Crippen molar-refractivity contribution in [2.75, 3.05) is 26.9 Å². The summed E-state index contributed by atoms with van der Waals surface area (Å²) in [5.74, 6) is 2.47. The first-order valence-electron chi connectivity index (χ1n) is 11.1. The highest BCUT2D eigenvalue weighted by atomic mass is 16.5. The first-order chi connectivity index (χ1) is 16.1. The van der Waals surface area contributed by atoms with E-state index in [0.29, 0.717) is 54.1 Å². The number of aromatic nitrogens is 5. The van der Waals surface area contributed by atoms with E-state index < -0.39 is 0 Å². The fourth-order valence-corrected chi connectivity index (χ4v) is 4.06. The third kappa shape index (κ3) is 3.58. The van der Waals surface area contributed by atoms with Crippen molar-refractivity contribution in [2.24, 2.45) is 5.92 Å². The van der Waals surface area contributed by atoms with Crippen LogP contribution >= 0.6 is 0 Å². The Bertz CT molecular complexity index is 1340. The van der Waals surface area contributed by atoms with Gasteiger partial charge in [-0.2, -0.15) is 5.10 Å². The molecule has 1 N–H and O–H groups in total. The van der Waals surface area contributed by atoms with Gasteiger partial charge in [-0.15, -0.1) is 0 Å². The van der Waals surface area contributed by atoms with Gasteiger partial charge in [0.2, 0.25) is 5.88 Å². The normalized spacial score (nSPS) is 16.2. The van der Waals surface area contributed by atoms with Gasteiger partial charge in [0.1, 0.15) is 0 Å². The predicted molar refractivity (Wildman–Crippen MR) is 121 cm³/mol. The molecular formula is C24H25N5O4. The minimum absolute atomic E-state index is 0.123. The van der Waals surface area contributed by atoms with Crippen LogP contribution in [0.2, 0.25) is 0 Å². The molecule has 0 aromatic carbocycles. The zero-order valence-electron chi connectivity index (χ0n) is 18.6. The molecule has 1 saturated heterocycles. The van der Waals surface area contributed by atoms with Crippen LogP contribution in [0.5, 0.6) is 17.5 Å². The Morgan fingerprint density at radius 1 is 1.24 bits per heavy atom. The number of hydrogen-bond acceptors (Lipinski definition) is 7. The first kappa shape index (κ1) is 20.0. The van der Waals surface area contributed by atoms with Gasteiger partial charge in [-0.25, -0.2) is 9.97 Å². The summed E-state index contributed by atoms with van der Waals surface area (Å²) in [6.07, 6.45) is 7.87. The van der Waals surface area contributed by atoms with Gasteiger partial charge < -0.3 is 19.3 Å². The number of methoxy groups -OCH3 is 1. The summed E-state index contributed by atoms with van der Waals surface area (Å²) < 4.78 is 20.1. The Balaban J connectivity index is 1.37. The molecule has 6 rings (SSSR count). The third-order valence-corrected chi connectivity index (χ3v) is 6.26. The van der Waals surface area contributed by atoms with Crippen molar-refractivity contribution in [1.82, 2.24) is 24.3 Å². The highest BCUT2D eigenvalue weighted by molar-refractivity contribution is 5.90. The number of ether oxygens (including phenoxy) is 3. The maximum Gasteiger partial charge on any atom is 0.256 e. The maximum atomic E-state index is 10.9. The molecule has 0 unspecified atom stereocenters. The van der Waals surface area contributed by atoms with Crippen molar-refractivity contribution in [1.29, 1.82) is 0 Å². The lowest BCUT2D eigenvalue weighted by Crippen LogP contribution is -2.31. The average molecular weight is 447 g/mol. The standard InChI is InChI=1S/C24H25N5O4/c1-14-7-18(16-8-20(23(31-2)25-9-16)33-11-15-3-4-15)26-19-10-28(24(30)22(14)19)21-5-6-29(27-21)17-12-32-13-17/h5-10,15,17,30H,3-4,11-13H2,1-2H3. The van der Waals surface area contributed by atoms with Crippen LogP contribution in [0.3, 0.4) is 0 Å². The molecule has 0 spiro atoms. The van der Waals surface area contributed by atoms with Gasteiger partial charge in [-0.1, -0.05) is 0 Å². The van der Waals surface area contributed by atoms with E-state index in [4.69, 9.17) is 19.2 Å². The summed E-state index contributed by atoms with van der Waals surface area (Å²) in [6, 6.07) is 5.99. The second-order valence-corrected chi connectivity index (χ2v) is 8.74. The van der Waals surface area contributed by atoms with Crippen LogP contribution in [0.25, 0.3) is 28.0 Å². The lowest BCUT2D eigenvalue weighted by Gasteiger charge is -2.25. The number of aryl methyl sites for hydroxylation is 1. The number of hydrogen-bond donors (Lipinski definition) is 1. The van der Waals surface area contributed by atoms with Gasteiger partial charge in [0.05, 0.1) is 49.6 Å². The van der Waals surface area contributed by atoms with Crippen LogP contribution in [0, 0.1) is 12.8 Å². The Kier molecular flexibility index (Phi) is 4.72. The Morgan fingerprint density at radius 2 is 2.09 bits per heavy atom. The van der Waals surface area contributed by atoms with Crippen LogP contribution in [0.15, 0.2) is 36.8 Å². The molecule has 2 aliphatic rings. The van der Waals surface area contributed by atoms with Gasteiger partial charge in [-0.3, -0.25) is 9.25 Å². The smallest absolute Gasteiger partial charge is 0.256 e. The largest absolute Gasteiger partial charge is 0.494 e. The molecule has 1 aliphatic carbocycles. The molecule has 1 aliphatic heterocycles. The zero-order valence-corrected chi connectivity index (χ0v) is 18.6. The van der Waals surface area contributed by atoms with Crippen molar-refractivity contribution >= 4 is 10.9 Å². The van der Waals surface area contributed by atoms with Crippen molar-refractivity contribution in [3.05, 3.63) is 42.4 Å². The van der Waals surface area contributed by atoms with Crippen molar-refractivity contribution in [2.45, 2.75) is 25.8 Å². The third-order valence-electron chi connectivity index (χ3n) is 6.26. The minimum Gasteiger partial charge on any atom is -0.494 e. The summed E-state index contributed by atoms with van der Waals surface area (Å²) in [7, 11) is 1.59. The van der Waals surface area contributed by atoms with Gasteiger partial charge in [0, 0.05) is 30.2 Å². The minimum atomic E-state index is 0.123. The fraction of sp³-hybridized carbons (Fsp3) is 0.375. The van der Waals surface area contributed by atoms with E-state index in [2.05, 4.69) is 10.1 Å². The molecule has 4 aromatic rings. The monoisotopic (exact) mass is 447 g/mol.